The Morgan fingerprint density at radius 2 is 1.83 bits per heavy atom. The quantitative estimate of drug-likeness (QED) is 0.492. The zero-order valence-electron chi connectivity index (χ0n) is 7.03. The Hall–Kier alpha value is -1.08. The summed E-state index contributed by atoms with van der Waals surface area (Å²) in [5.74, 6) is 0. The van der Waals surface area contributed by atoms with E-state index in [1.165, 1.54) is 4.57 Å². The molecular formula is C8H10BrN3. The summed E-state index contributed by atoms with van der Waals surface area (Å²) >= 11 is 0. The van der Waals surface area contributed by atoms with Crippen LogP contribution >= 0.6 is 0 Å². The van der Waals surface area contributed by atoms with Crippen molar-refractivity contribution in [2.45, 2.75) is 0 Å². The predicted molar refractivity (Wildman–Crippen MR) is 42.0 cm³/mol. The number of halogens is 1. The minimum atomic E-state index is 0. The summed E-state index contributed by atoms with van der Waals surface area (Å²) in [7, 11) is 3.93. The monoisotopic (exact) mass is 227 g/mol. The van der Waals surface area contributed by atoms with Crippen molar-refractivity contribution >= 4 is 5.69 Å². The average Bonchev–Trinajstić information content (AvgIpc) is 2.05. The fraction of sp³-hybridized carbons (Fsp3) is 0.250. The SMILES string of the molecule is CN(C)c1cc[n+](C#N)cc1.[Br-]. The molecule has 0 fully saturated rings. The van der Waals surface area contributed by atoms with Crippen LogP contribution in [0.3, 0.4) is 0 Å². The summed E-state index contributed by atoms with van der Waals surface area (Å²) in [5, 5.41) is 8.47. The maximum Gasteiger partial charge on any atom is 0.463 e. The molecule has 0 aliphatic rings. The molecule has 4 heteroatoms. The lowest BCUT2D eigenvalue weighted by Crippen LogP contribution is -3.00. The number of aromatic nitrogens is 1. The number of pyridine rings is 1. The summed E-state index contributed by atoms with van der Waals surface area (Å²) in [5.41, 5.74) is 1.09. The molecule has 0 aliphatic heterocycles. The normalized spacial score (nSPS) is 8.08. The lowest BCUT2D eigenvalue weighted by molar-refractivity contribution is -0.586. The van der Waals surface area contributed by atoms with Gasteiger partial charge in [-0.3, -0.25) is 0 Å². The van der Waals surface area contributed by atoms with Crippen molar-refractivity contribution in [2.24, 2.45) is 0 Å². The second kappa shape index (κ2) is 4.73. The molecule has 3 nitrogen and oxygen atoms in total. The van der Waals surface area contributed by atoms with Crippen LogP contribution in [0.25, 0.3) is 0 Å². The first-order valence-corrected chi connectivity index (χ1v) is 3.33. The van der Waals surface area contributed by atoms with Crippen LogP contribution in [-0.4, -0.2) is 14.1 Å². The van der Waals surface area contributed by atoms with E-state index < -0.39 is 0 Å². The van der Waals surface area contributed by atoms with Crippen LogP contribution in [0.2, 0.25) is 0 Å². The van der Waals surface area contributed by atoms with Crippen molar-refractivity contribution < 1.29 is 21.5 Å². The number of hydrogen-bond donors (Lipinski definition) is 0. The zero-order chi connectivity index (χ0) is 8.27. The molecule has 0 bridgehead atoms. The van der Waals surface area contributed by atoms with Gasteiger partial charge in [-0.05, 0) is 0 Å². The molecule has 0 unspecified atom stereocenters. The van der Waals surface area contributed by atoms with Crippen molar-refractivity contribution in [3.05, 3.63) is 24.5 Å². The summed E-state index contributed by atoms with van der Waals surface area (Å²) in [6.07, 6.45) is 5.45. The second-order valence-corrected chi connectivity index (χ2v) is 2.46. The smallest absolute Gasteiger partial charge is 0.463 e. The Balaban J connectivity index is 0.00000121. The lowest BCUT2D eigenvalue weighted by Gasteiger charge is -2.09. The Morgan fingerprint density at radius 3 is 2.17 bits per heavy atom. The minimum absolute atomic E-state index is 0. The Kier molecular flexibility index (Phi) is 4.30. The highest BCUT2D eigenvalue weighted by Gasteiger charge is 1.96. The molecule has 0 amide bonds. The predicted octanol–water partition coefficient (Wildman–Crippen LogP) is -2.63. The Bertz CT molecular complexity index is 273. The van der Waals surface area contributed by atoms with Crippen LogP contribution in [-0.2, 0) is 0 Å². The van der Waals surface area contributed by atoms with Crippen LogP contribution in [0.1, 0.15) is 0 Å². The number of nitrogens with zero attached hydrogens (tertiary/aromatic N) is 3. The van der Waals surface area contributed by atoms with Gasteiger partial charge in [0.1, 0.15) is 12.4 Å². The van der Waals surface area contributed by atoms with E-state index in [1.54, 1.807) is 12.4 Å². The molecule has 1 rings (SSSR count). The maximum atomic E-state index is 8.47. The largest absolute Gasteiger partial charge is 1.00 e. The van der Waals surface area contributed by atoms with Crippen molar-refractivity contribution in [2.75, 3.05) is 19.0 Å². The number of nitriles is 1. The molecule has 0 saturated carbocycles. The first-order valence-electron chi connectivity index (χ1n) is 3.33. The van der Waals surface area contributed by atoms with Crippen LogP contribution in [0.15, 0.2) is 24.5 Å². The van der Waals surface area contributed by atoms with Crippen molar-refractivity contribution in [3.8, 4) is 6.19 Å². The van der Waals surface area contributed by atoms with E-state index in [4.69, 9.17) is 5.26 Å². The fourth-order valence-corrected chi connectivity index (χ4v) is 0.783. The topological polar surface area (TPSA) is 30.9 Å². The van der Waals surface area contributed by atoms with E-state index in [0.717, 1.165) is 5.69 Å². The Morgan fingerprint density at radius 1 is 1.33 bits per heavy atom. The highest BCUT2D eigenvalue weighted by atomic mass is 79.9. The molecule has 0 N–H and O–H groups in total. The van der Waals surface area contributed by atoms with Crippen molar-refractivity contribution in [3.63, 3.8) is 0 Å². The van der Waals surface area contributed by atoms with Gasteiger partial charge in [0.2, 0.25) is 0 Å². The van der Waals surface area contributed by atoms with Gasteiger partial charge in [-0.2, -0.15) is 0 Å². The molecule has 64 valence electrons. The molecular weight excluding hydrogens is 218 g/mol. The van der Waals surface area contributed by atoms with Crippen LogP contribution < -0.4 is 26.4 Å². The molecule has 0 atom stereocenters. The van der Waals surface area contributed by atoms with E-state index in [2.05, 4.69) is 0 Å². The van der Waals surface area contributed by atoms with Gasteiger partial charge >= 0.3 is 6.19 Å². The van der Waals surface area contributed by atoms with Gasteiger partial charge in [-0.1, -0.05) is 0 Å². The highest BCUT2D eigenvalue weighted by Crippen LogP contribution is 2.05. The van der Waals surface area contributed by atoms with Crippen LogP contribution in [0, 0.1) is 11.5 Å². The standard InChI is InChI=1S/C8H10N3.BrH/c1-10(2)8-3-5-11(7-9)6-4-8;/h3-6H,1-2H3;1H/q+1;/p-1. The van der Waals surface area contributed by atoms with Crippen molar-refractivity contribution in [1.29, 1.82) is 5.26 Å². The van der Waals surface area contributed by atoms with Crippen molar-refractivity contribution in [1.82, 2.24) is 0 Å². The Labute approximate surface area is 82.6 Å². The first kappa shape index (κ1) is 10.9. The third-order valence-corrected chi connectivity index (χ3v) is 1.44. The average molecular weight is 228 g/mol. The number of hydrogen-bond acceptors (Lipinski definition) is 2. The molecule has 1 heterocycles. The van der Waals surface area contributed by atoms with E-state index in [9.17, 15) is 0 Å². The molecule has 0 aromatic carbocycles. The van der Waals surface area contributed by atoms with E-state index in [1.807, 2.05) is 37.3 Å². The van der Waals surface area contributed by atoms with Gasteiger partial charge in [0.05, 0.1) is 0 Å². The van der Waals surface area contributed by atoms with Crippen LogP contribution in [0.4, 0.5) is 5.69 Å². The van der Waals surface area contributed by atoms with E-state index in [-0.39, 0.29) is 17.0 Å². The molecule has 1 aromatic heterocycles. The fourth-order valence-electron chi connectivity index (χ4n) is 0.783. The molecule has 12 heavy (non-hydrogen) atoms. The summed E-state index contributed by atoms with van der Waals surface area (Å²) in [6.45, 7) is 0. The first-order chi connectivity index (χ1) is 5.24. The summed E-state index contributed by atoms with van der Waals surface area (Å²) in [4.78, 5) is 1.99. The molecule has 0 saturated heterocycles. The molecule has 0 aliphatic carbocycles. The molecule has 0 spiro atoms. The maximum absolute atomic E-state index is 8.47. The molecule has 0 radical (unpaired) electrons. The van der Waals surface area contributed by atoms with Gasteiger partial charge in [0, 0.05) is 31.9 Å². The van der Waals surface area contributed by atoms with Gasteiger partial charge in [0.15, 0.2) is 5.26 Å². The van der Waals surface area contributed by atoms with Gasteiger partial charge in [-0.15, -0.1) is 4.57 Å². The second-order valence-electron chi connectivity index (χ2n) is 2.46. The third-order valence-electron chi connectivity index (χ3n) is 1.44. The number of rotatable bonds is 1. The van der Waals surface area contributed by atoms with Crippen LogP contribution in [0.5, 0.6) is 0 Å². The van der Waals surface area contributed by atoms with Gasteiger partial charge < -0.3 is 21.9 Å². The van der Waals surface area contributed by atoms with Gasteiger partial charge in [-0.25, -0.2) is 0 Å². The summed E-state index contributed by atoms with van der Waals surface area (Å²) in [6, 6.07) is 3.78. The minimum Gasteiger partial charge on any atom is -1.00 e. The summed E-state index contributed by atoms with van der Waals surface area (Å²) < 4.78 is 1.45. The third kappa shape index (κ3) is 2.51. The zero-order valence-corrected chi connectivity index (χ0v) is 8.62. The lowest BCUT2D eigenvalue weighted by atomic mass is 10.4. The number of anilines is 1. The highest BCUT2D eigenvalue weighted by molar-refractivity contribution is 5.41. The molecule has 1 aromatic rings. The van der Waals surface area contributed by atoms with E-state index >= 15 is 0 Å². The van der Waals surface area contributed by atoms with E-state index in [0.29, 0.717) is 0 Å². The van der Waals surface area contributed by atoms with Gasteiger partial charge in [0.25, 0.3) is 0 Å².